The second-order valence-electron chi connectivity index (χ2n) is 9.01. The van der Waals surface area contributed by atoms with E-state index in [9.17, 15) is 9.59 Å². The first kappa shape index (κ1) is 34.5. The minimum Gasteiger partial charge on any atom is -0.490 e. The molecular weight excluding hydrogens is 568 g/mol. The topological polar surface area (TPSA) is 69.6 Å². The van der Waals surface area contributed by atoms with Gasteiger partial charge in [0, 0.05) is 29.7 Å². The van der Waals surface area contributed by atoms with Crippen LogP contribution in [0.5, 0.6) is 11.5 Å². The Bertz CT molecular complexity index is 1580. The van der Waals surface area contributed by atoms with Crippen molar-refractivity contribution in [3.63, 3.8) is 0 Å². The highest BCUT2D eigenvalue weighted by Crippen LogP contribution is 2.29. The number of hydrogen-bond donors (Lipinski definition) is 1. The van der Waals surface area contributed by atoms with Gasteiger partial charge in [0.15, 0.2) is 5.75 Å². The van der Waals surface area contributed by atoms with E-state index < -0.39 is 0 Å². The van der Waals surface area contributed by atoms with Crippen molar-refractivity contribution in [3.8, 4) is 11.5 Å². The lowest BCUT2D eigenvalue weighted by atomic mass is 10.1. The Morgan fingerprint density at radius 3 is 2.45 bits per heavy atom. The van der Waals surface area contributed by atoms with Gasteiger partial charge < -0.3 is 19.4 Å². The van der Waals surface area contributed by atoms with Crippen molar-refractivity contribution in [1.82, 2.24) is 9.88 Å². The molecule has 1 aliphatic carbocycles. The zero-order valence-corrected chi connectivity index (χ0v) is 27.1. The molecule has 0 unspecified atom stereocenters. The Morgan fingerprint density at radius 1 is 1.14 bits per heavy atom. The number of hydrogen-bond acceptors (Lipinski definition) is 5. The summed E-state index contributed by atoms with van der Waals surface area (Å²) in [6.07, 6.45) is 13.5. The van der Waals surface area contributed by atoms with E-state index in [2.05, 4.69) is 11.9 Å². The van der Waals surface area contributed by atoms with E-state index in [1.165, 1.54) is 11.8 Å². The number of halogens is 1. The van der Waals surface area contributed by atoms with E-state index in [4.69, 9.17) is 21.1 Å². The molecule has 8 heteroatoms. The van der Waals surface area contributed by atoms with Crippen molar-refractivity contribution in [2.75, 3.05) is 20.3 Å². The first-order valence-electron chi connectivity index (χ1n) is 13.9. The van der Waals surface area contributed by atoms with Gasteiger partial charge in [0.2, 0.25) is 5.43 Å². The summed E-state index contributed by atoms with van der Waals surface area (Å²) >= 11 is 7.37. The molecule has 1 aliphatic rings. The summed E-state index contributed by atoms with van der Waals surface area (Å²) in [5.41, 5.74) is 3.36. The van der Waals surface area contributed by atoms with Gasteiger partial charge >= 0.3 is 0 Å². The van der Waals surface area contributed by atoms with Crippen LogP contribution < -0.4 is 30.8 Å². The van der Waals surface area contributed by atoms with Crippen LogP contribution in [-0.2, 0) is 7.05 Å². The average Bonchev–Trinajstić information content (AvgIpc) is 3.22. The summed E-state index contributed by atoms with van der Waals surface area (Å²) in [4.78, 5) is 26.2. The fourth-order valence-corrected chi connectivity index (χ4v) is 4.84. The lowest BCUT2D eigenvalue weighted by Crippen LogP contribution is -2.45. The number of nitrogens with zero attached hydrogens (tertiary/aromatic N) is 1. The predicted molar refractivity (Wildman–Crippen MR) is 180 cm³/mol. The third kappa shape index (κ3) is 9.16. The molecule has 1 N–H and O–H groups in total. The van der Waals surface area contributed by atoms with E-state index >= 15 is 0 Å². The van der Waals surface area contributed by atoms with Gasteiger partial charge in [0.25, 0.3) is 5.24 Å². The number of carbonyl (C=O) groups is 1. The minimum atomic E-state index is -0.225. The Hall–Kier alpha value is -3.68. The second-order valence-corrected chi connectivity index (χ2v) is 10.6. The van der Waals surface area contributed by atoms with Gasteiger partial charge in [-0.25, -0.2) is 0 Å². The number of aromatic nitrogens is 1. The van der Waals surface area contributed by atoms with Gasteiger partial charge in [-0.1, -0.05) is 68.5 Å². The van der Waals surface area contributed by atoms with Gasteiger partial charge in [-0.15, -0.1) is 0 Å². The van der Waals surface area contributed by atoms with Gasteiger partial charge in [0.05, 0.1) is 5.69 Å². The van der Waals surface area contributed by atoms with Crippen molar-refractivity contribution in [1.29, 1.82) is 0 Å². The normalized spacial score (nSPS) is 13.9. The standard InChI is InChI=1S/C32H35ClN2O4S.C2H6/c1-7-8-12-28-22(3)35(6)29(25-10-9-11-26(33)16-13-25)31(30(28)36)39-20-19-38-27-17-14-24(15-18-27)21(2)23(4)40-32(37)34-5;1-2/h7-9,11-18H,3,10,19-20H2,1-2,4-6H3,(H,34,37);1-2H3/b8-7-,23-21+,28-12+;. The SMILES string of the molecule is C=c1/c(=C\C=C/C)c(=O)c(OCCOc2ccc(/C(C)=C(\C)SC(=O)NC)cc2)c(C2=CC=C(Cl)C=CC2)n1C.CC. The molecule has 0 saturated carbocycles. The van der Waals surface area contributed by atoms with E-state index in [0.29, 0.717) is 33.5 Å². The van der Waals surface area contributed by atoms with Crippen LogP contribution in [0.3, 0.4) is 0 Å². The Kier molecular flexibility index (Phi) is 14.2. The third-order valence-corrected chi connectivity index (χ3v) is 7.65. The number of rotatable bonds is 9. The number of carbonyl (C=O) groups excluding carboxylic acids is 1. The maximum Gasteiger partial charge on any atom is 0.283 e. The zero-order valence-electron chi connectivity index (χ0n) is 25.5. The van der Waals surface area contributed by atoms with Crippen LogP contribution in [0.15, 0.2) is 75.5 Å². The lowest BCUT2D eigenvalue weighted by molar-refractivity contribution is 0.214. The number of pyridine rings is 1. The molecule has 1 heterocycles. The van der Waals surface area contributed by atoms with Crippen molar-refractivity contribution >= 4 is 52.4 Å². The fraction of sp³-hybridized carbons (Fsp3) is 0.294. The van der Waals surface area contributed by atoms with Crippen molar-refractivity contribution in [2.45, 2.75) is 41.0 Å². The van der Waals surface area contributed by atoms with E-state index in [-0.39, 0.29) is 29.6 Å². The van der Waals surface area contributed by atoms with Crippen molar-refractivity contribution < 1.29 is 14.3 Å². The fourth-order valence-electron chi connectivity index (χ4n) is 4.04. The van der Waals surface area contributed by atoms with Crippen LogP contribution in [0.1, 0.15) is 52.3 Å². The van der Waals surface area contributed by atoms with Gasteiger partial charge in [-0.2, -0.15) is 0 Å². The minimum absolute atomic E-state index is 0.0986. The number of thioether (sulfide) groups is 1. The number of ether oxygens (including phenoxy) is 2. The van der Waals surface area contributed by atoms with E-state index in [1.807, 2.05) is 101 Å². The highest BCUT2D eigenvalue weighted by molar-refractivity contribution is 8.17. The number of nitrogens with one attached hydrogen (secondary N) is 1. The first-order chi connectivity index (χ1) is 20.2. The Balaban J connectivity index is 0.00000301. The molecule has 0 spiro atoms. The van der Waals surface area contributed by atoms with Gasteiger partial charge in [0.1, 0.15) is 19.0 Å². The number of allylic oxidation sites excluding steroid dienone is 10. The third-order valence-electron chi connectivity index (χ3n) is 6.40. The van der Waals surface area contributed by atoms with E-state index in [0.717, 1.165) is 21.6 Å². The molecule has 3 rings (SSSR count). The highest BCUT2D eigenvalue weighted by Gasteiger charge is 2.18. The largest absolute Gasteiger partial charge is 0.490 e. The maximum atomic E-state index is 13.6. The van der Waals surface area contributed by atoms with Crippen LogP contribution in [0.25, 0.3) is 23.8 Å². The molecule has 0 saturated heterocycles. The van der Waals surface area contributed by atoms with Crippen molar-refractivity contribution in [2.24, 2.45) is 7.05 Å². The molecule has 0 atom stereocenters. The molecule has 0 fully saturated rings. The van der Waals surface area contributed by atoms with Crippen LogP contribution >= 0.6 is 23.4 Å². The van der Waals surface area contributed by atoms with Crippen LogP contribution in [0, 0.1) is 0 Å². The quantitative estimate of drug-likeness (QED) is 0.313. The molecule has 1 aromatic carbocycles. The molecule has 224 valence electrons. The van der Waals surface area contributed by atoms with Gasteiger partial charge in [-0.3, -0.25) is 9.59 Å². The lowest BCUT2D eigenvalue weighted by Gasteiger charge is -2.18. The molecule has 0 bridgehead atoms. The summed E-state index contributed by atoms with van der Waals surface area (Å²) in [6.45, 7) is 14.4. The second kappa shape index (κ2) is 17.3. The van der Waals surface area contributed by atoms with E-state index in [1.54, 1.807) is 19.2 Å². The Morgan fingerprint density at radius 2 is 1.81 bits per heavy atom. The summed E-state index contributed by atoms with van der Waals surface area (Å²) < 4.78 is 13.9. The molecule has 2 aromatic rings. The highest BCUT2D eigenvalue weighted by atomic mass is 35.5. The predicted octanol–water partition coefficient (Wildman–Crippen LogP) is 6.93. The number of benzene rings is 1. The molecule has 6 nitrogen and oxygen atoms in total. The molecule has 1 amide bonds. The maximum absolute atomic E-state index is 13.6. The molecule has 1 aromatic heterocycles. The van der Waals surface area contributed by atoms with Gasteiger partial charge in [-0.05, 0) is 90.9 Å². The van der Waals surface area contributed by atoms with Crippen LogP contribution in [-0.4, -0.2) is 30.1 Å². The number of amides is 1. The molecule has 0 aliphatic heterocycles. The summed E-state index contributed by atoms with van der Waals surface area (Å²) in [6, 6.07) is 7.66. The summed E-state index contributed by atoms with van der Waals surface area (Å²) in [5.74, 6) is 0.928. The smallest absolute Gasteiger partial charge is 0.283 e. The molecular formula is C34H41ClN2O4S. The Labute approximate surface area is 258 Å². The van der Waals surface area contributed by atoms with Crippen LogP contribution in [0.2, 0.25) is 0 Å². The molecule has 42 heavy (non-hydrogen) atoms. The monoisotopic (exact) mass is 608 g/mol. The summed E-state index contributed by atoms with van der Waals surface area (Å²) in [5, 5.41) is 4.20. The molecule has 0 radical (unpaired) electrons. The average molecular weight is 609 g/mol. The first-order valence-corrected chi connectivity index (χ1v) is 15.1. The van der Waals surface area contributed by atoms with Crippen molar-refractivity contribution in [3.05, 3.63) is 103 Å². The van der Waals surface area contributed by atoms with Crippen LogP contribution in [0.4, 0.5) is 4.79 Å². The summed E-state index contributed by atoms with van der Waals surface area (Å²) in [7, 11) is 3.49. The zero-order chi connectivity index (χ0) is 31.2.